The molecule has 1 heterocycles. The molecule has 0 fully saturated rings. The second-order valence-electron chi connectivity index (χ2n) is 2.18. The van der Waals surface area contributed by atoms with E-state index >= 15 is 0 Å². The van der Waals surface area contributed by atoms with Crippen molar-refractivity contribution in [2.75, 3.05) is 6.61 Å². The summed E-state index contributed by atoms with van der Waals surface area (Å²) in [7, 11) is 0. The molecule has 0 saturated heterocycles. The summed E-state index contributed by atoms with van der Waals surface area (Å²) in [6.07, 6.45) is 0. The highest BCUT2D eigenvalue weighted by atomic mass is 35.5. The van der Waals surface area contributed by atoms with Crippen LogP contribution in [0.25, 0.3) is 0 Å². The summed E-state index contributed by atoms with van der Waals surface area (Å²) in [4.78, 5) is 14.4. The molecule has 0 atom stereocenters. The number of ether oxygens (including phenoxy) is 1. The molecule has 1 aromatic heterocycles. The second kappa shape index (κ2) is 4.18. The number of hydrogen-bond donors (Lipinski definition) is 0. The van der Waals surface area contributed by atoms with Crippen LogP contribution in [-0.2, 0) is 4.74 Å². The first kappa shape index (κ1) is 9.92. The van der Waals surface area contributed by atoms with Crippen molar-refractivity contribution in [1.29, 1.82) is 0 Å². The standard InChI is InChI=1S/C8H7ClFNO2/c1-2-13-8(12)7-5(9)3-4-6(10)11-7/h3-4H,2H2,1H3. The van der Waals surface area contributed by atoms with Crippen LogP contribution in [0.15, 0.2) is 12.1 Å². The first-order valence-electron chi connectivity index (χ1n) is 3.64. The smallest absolute Gasteiger partial charge is 0.358 e. The number of esters is 1. The van der Waals surface area contributed by atoms with Crippen LogP contribution in [0, 0.1) is 5.95 Å². The Labute approximate surface area is 79.5 Å². The van der Waals surface area contributed by atoms with Crippen LogP contribution in [-0.4, -0.2) is 17.6 Å². The Morgan fingerprint density at radius 3 is 3.00 bits per heavy atom. The molecule has 3 nitrogen and oxygen atoms in total. The predicted molar refractivity (Wildman–Crippen MR) is 45.2 cm³/mol. The molecule has 0 bridgehead atoms. The van der Waals surface area contributed by atoms with Gasteiger partial charge in [0, 0.05) is 0 Å². The van der Waals surface area contributed by atoms with Gasteiger partial charge in [0.25, 0.3) is 0 Å². The maximum absolute atomic E-state index is 12.6. The van der Waals surface area contributed by atoms with E-state index in [2.05, 4.69) is 9.72 Å². The maximum atomic E-state index is 12.6. The van der Waals surface area contributed by atoms with Crippen molar-refractivity contribution in [3.8, 4) is 0 Å². The van der Waals surface area contributed by atoms with Gasteiger partial charge in [-0.05, 0) is 19.1 Å². The Morgan fingerprint density at radius 1 is 1.69 bits per heavy atom. The monoisotopic (exact) mass is 203 g/mol. The zero-order valence-corrected chi connectivity index (χ0v) is 7.64. The SMILES string of the molecule is CCOC(=O)c1nc(F)ccc1Cl. The minimum Gasteiger partial charge on any atom is -0.461 e. The van der Waals surface area contributed by atoms with Gasteiger partial charge in [0.05, 0.1) is 11.6 Å². The van der Waals surface area contributed by atoms with Crippen molar-refractivity contribution in [3.05, 3.63) is 28.8 Å². The van der Waals surface area contributed by atoms with Crippen molar-refractivity contribution in [2.24, 2.45) is 0 Å². The van der Waals surface area contributed by atoms with Gasteiger partial charge in [0.1, 0.15) is 0 Å². The number of carbonyl (C=O) groups excluding carboxylic acids is 1. The zero-order chi connectivity index (χ0) is 9.84. The Bertz CT molecular complexity index is 330. The molecule has 0 spiro atoms. The van der Waals surface area contributed by atoms with Crippen LogP contribution in [0.3, 0.4) is 0 Å². The van der Waals surface area contributed by atoms with Crippen molar-refractivity contribution in [2.45, 2.75) is 6.92 Å². The minimum atomic E-state index is -0.757. The fourth-order valence-corrected chi connectivity index (χ4v) is 0.943. The Hall–Kier alpha value is -1.16. The normalized spacial score (nSPS) is 9.77. The van der Waals surface area contributed by atoms with Gasteiger partial charge in [-0.2, -0.15) is 4.39 Å². The van der Waals surface area contributed by atoms with Crippen molar-refractivity contribution < 1.29 is 13.9 Å². The van der Waals surface area contributed by atoms with Crippen LogP contribution >= 0.6 is 11.6 Å². The number of pyridine rings is 1. The lowest BCUT2D eigenvalue weighted by molar-refractivity contribution is 0.0518. The van der Waals surface area contributed by atoms with E-state index in [0.29, 0.717) is 0 Å². The van der Waals surface area contributed by atoms with Gasteiger partial charge in [-0.15, -0.1) is 0 Å². The average Bonchev–Trinajstić information content (AvgIpc) is 2.09. The third kappa shape index (κ3) is 2.39. The Morgan fingerprint density at radius 2 is 2.38 bits per heavy atom. The summed E-state index contributed by atoms with van der Waals surface area (Å²) in [5.41, 5.74) is -0.191. The van der Waals surface area contributed by atoms with Crippen LogP contribution < -0.4 is 0 Å². The molecule has 0 saturated carbocycles. The third-order valence-electron chi connectivity index (χ3n) is 1.28. The molecule has 0 aliphatic rings. The van der Waals surface area contributed by atoms with Crippen molar-refractivity contribution in [3.63, 3.8) is 0 Å². The topological polar surface area (TPSA) is 39.2 Å². The summed E-state index contributed by atoms with van der Waals surface area (Å²) in [6, 6.07) is 2.33. The molecule has 70 valence electrons. The van der Waals surface area contributed by atoms with E-state index in [9.17, 15) is 9.18 Å². The third-order valence-corrected chi connectivity index (χ3v) is 1.59. The first-order chi connectivity index (χ1) is 6.15. The van der Waals surface area contributed by atoms with E-state index in [1.54, 1.807) is 6.92 Å². The molecule has 0 aliphatic heterocycles. The number of rotatable bonds is 2. The summed E-state index contributed by atoms with van der Waals surface area (Å²) in [5, 5.41) is 0.0832. The highest BCUT2D eigenvalue weighted by Gasteiger charge is 2.13. The van der Waals surface area contributed by atoms with Crippen LogP contribution in [0.4, 0.5) is 4.39 Å². The molecule has 0 N–H and O–H groups in total. The quantitative estimate of drug-likeness (QED) is 0.546. The fraction of sp³-hybridized carbons (Fsp3) is 0.250. The minimum absolute atomic E-state index is 0.0832. The van der Waals surface area contributed by atoms with Gasteiger partial charge in [0.2, 0.25) is 5.95 Å². The molecule has 0 amide bonds. The first-order valence-corrected chi connectivity index (χ1v) is 4.02. The maximum Gasteiger partial charge on any atom is 0.358 e. The highest BCUT2D eigenvalue weighted by molar-refractivity contribution is 6.33. The number of halogens is 2. The number of carbonyl (C=O) groups is 1. The summed E-state index contributed by atoms with van der Waals surface area (Å²) < 4.78 is 17.2. The molecule has 13 heavy (non-hydrogen) atoms. The van der Waals surface area contributed by atoms with Crippen LogP contribution in [0.5, 0.6) is 0 Å². The molecule has 1 rings (SSSR count). The van der Waals surface area contributed by atoms with Crippen molar-refractivity contribution >= 4 is 17.6 Å². The lowest BCUT2D eigenvalue weighted by Crippen LogP contribution is -2.08. The van der Waals surface area contributed by atoms with E-state index in [4.69, 9.17) is 11.6 Å². The molecule has 0 aromatic carbocycles. The molecular formula is C8H7ClFNO2. The largest absolute Gasteiger partial charge is 0.461 e. The number of nitrogens with zero attached hydrogens (tertiary/aromatic N) is 1. The number of hydrogen-bond acceptors (Lipinski definition) is 3. The zero-order valence-electron chi connectivity index (χ0n) is 6.88. The van der Waals surface area contributed by atoms with E-state index in [1.165, 1.54) is 6.07 Å². The second-order valence-corrected chi connectivity index (χ2v) is 2.59. The highest BCUT2D eigenvalue weighted by Crippen LogP contribution is 2.14. The van der Waals surface area contributed by atoms with E-state index in [1.807, 2.05) is 0 Å². The number of aromatic nitrogens is 1. The summed E-state index contributed by atoms with van der Waals surface area (Å²) >= 11 is 5.60. The summed E-state index contributed by atoms with van der Waals surface area (Å²) in [5.74, 6) is -1.47. The Kier molecular flexibility index (Phi) is 3.19. The van der Waals surface area contributed by atoms with E-state index in [-0.39, 0.29) is 17.3 Å². The molecule has 0 aliphatic carbocycles. The lowest BCUT2D eigenvalue weighted by Gasteiger charge is -2.01. The molecular weight excluding hydrogens is 197 g/mol. The fourth-order valence-electron chi connectivity index (χ4n) is 0.761. The molecule has 5 heteroatoms. The van der Waals surface area contributed by atoms with Gasteiger partial charge in [-0.25, -0.2) is 9.78 Å². The predicted octanol–water partition coefficient (Wildman–Crippen LogP) is 2.05. The van der Waals surface area contributed by atoms with Gasteiger partial charge >= 0.3 is 5.97 Å². The average molecular weight is 204 g/mol. The Balaban J connectivity index is 2.99. The van der Waals surface area contributed by atoms with E-state index < -0.39 is 11.9 Å². The lowest BCUT2D eigenvalue weighted by atomic mass is 10.3. The molecule has 0 unspecified atom stereocenters. The van der Waals surface area contributed by atoms with Crippen LogP contribution in [0.2, 0.25) is 5.02 Å². The van der Waals surface area contributed by atoms with Crippen molar-refractivity contribution in [1.82, 2.24) is 4.98 Å². The van der Waals surface area contributed by atoms with Gasteiger partial charge in [-0.1, -0.05) is 11.6 Å². The summed E-state index contributed by atoms with van der Waals surface area (Å²) in [6.45, 7) is 1.85. The molecule has 0 radical (unpaired) electrons. The van der Waals surface area contributed by atoms with Gasteiger partial charge in [0.15, 0.2) is 5.69 Å². The van der Waals surface area contributed by atoms with E-state index in [0.717, 1.165) is 6.07 Å². The molecule has 1 aromatic rings. The van der Waals surface area contributed by atoms with Crippen LogP contribution in [0.1, 0.15) is 17.4 Å². The van der Waals surface area contributed by atoms with Gasteiger partial charge < -0.3 is 4.74 Å². The van der Waals surface area contributed by atoms with Gasteiger partial charge in [-0.3, -0.25) is 0 Å².